The number of aliphatic carboxylic acids is 1. The summed E-state index contributed by atoms with van der Waals surface area (Å²) in [6.07, 6.45) is 0. The lowest BCUT2D eigenvalue weighted by molar-refractivity contribution is -0.141. The van der Waals surface area contributed by atoms with E-state index in [1.807, 2.05) is 0 Å². The van der Waals surface area contributed by atoms with Gasteiger partial charge in [-0.15, -0.1) is 0 Å². The van der Waals surface area contributed by atoms with Gasteiger partial charge in [-0.3, -0.25) is 0 Å². The number of rotatable bonds is 3. The highest BCUT2D eigenvalue weighted by Gasteiger charge is 2.65. The van der Waals surface area contributed by atoms with Gasteiger partial charge in [-0.25, -0.2) is 9.59 Å². The standard InChI is InChI=1S/C14H26N2O3/c1-12(2,3)8(9(17)18)15-11(19)16-10-13(4,5)14(10,6)7/h8,10H,1-7H3,(H,17,18)(H2,15,16,19)/t8-/m1/s1. The van der Waals surface area contributed by atoms with Gasteiger partial charge in [0.25, 0.3) is 0 Å². The van der Waals surface area contributed by atoms with Gasteiger partial charge in [0.15, 0.2) is 0 Å². The molecule has 1 aliphatic carbocycles. The number of hydrogen-bond acceptors (Lipinski definition) is 2. The van der Waals surface area contributed by atoms with Crippen molar-refractivity contribution in [2.75, 3.05) is 0 Å². The molecule has 1 fully saturated rings. The summed E-state index contributed by atoms with van der Waals surface area (Å²) in [5, 5.41) is 14.6. The molecule has 1 saturated carbocycles. The number of amides is 2. The molecule has 110 valence electrons. The van der Waals surface area contributed by atoms with E-state index in [0.717, 1.165) is 0 Å². The maximum Gasteiger partial charge on any atom is 0.326 e. The lowest BCUT2D eigenvalue weighted by atomic mass is 9.87. The van der Waals surface area contributed by atoms with Crippen LogP contribution in [-0.4, -0.2) is 29.2 Å². The Bertz CT molecular complexity index is 380. The van der Waals surface area contributed by atoms with Crippen LogP contribution in [0.15, 0.2) is 0 Å². The first-order valence-corrected chi connectivity index (χ1v) is 6.61. The van der Waals surface area contributed by atoms with Crippen LogP contribution in [0.2, 0.25) is 0 Å². The van der Waals surface area contributed by atoms with Gasteiger partial charge < -0.3 is 15.7 Å². The normalized spacial score (nSPS) is 22.5. The van der Waals surface area contributed by atoms with Crippen LogP contribution >= 0.6 is 0 Å². The summed E-state index contributed by atoms with van der Waals surface area (Å²) in [6, 6.07) is -1.25. The van der Waals surface area contributed by atoms with Gasteiger partial charge in [0.05, 0.1) is 0 Å². The van der Waals surface area contributed by atoms with Gasteiger partial charge in [-0.1, -0.05) is 48.5 Å². The Morgan fingerprint density at radius 1 is 1.11 bits per heavy atom. The van der Waals surface area contributed by atoms with Gasteiger partial charge in [-0.2, -0.15) is 0 Å². The van der Waals surface area contributed by atoms with Crippen LogP contribution in [0.4, 0.5) is 4.79 Å². The molecule has 0 saturated heterocycles. The molecular weight excluding hydrogens is 244 g/mol. The van der Waals surface area contributed by atoms with Gasteiger partial charge >= 0.3 is 12.0 Å². The minimum absolute atomic E-state index is 0.0325. The monoisotopic (exact) mass is 270 g/mol. The first kappa shape index (κ1) is 15.8. The number of carboxylic acids is 1. The van der Waals surface area contributed by atoms with E-state index in [2.05, 4.69) is 38.3 Å². The Kier molecular flexibility index (Phi) is 3.65. The van der Waals surface area contributed by atoms with Crippen LogP contribution in [0.1, 0.15) is 48.5 Å². The summed E-state index contributed by atoms with van der Waals surface area (Å²) in [4.78, 5) is 23.1. The smallest absolute Gasteiger partial charge is 0.326 e. The highest BCUT2D eigenvalue weighted by molar-refractivity contribution is 5.83. The minimum Gasteiger partial charge on any atom is -0.480 e. The zero-order valence-corrected chi connectivity index (χ0v) is 12.9. The van der Waals surface area contributed by atoms with Crippen LogP contribution in [0.3, 0.4) is 0 Å². The van der Waals surface area contributed by atoms with E-state index in [1.165, 1.54) is 0 Å². The lowest BCUT2D eigenvalue weighted by Gasteiger charge is -2.28. The van der Waals surface area contributed by atoms with Crippen LogP contribution < -0.4 is 10.6 Å². The number of carbonyl (C=O) groups is 2. The van der Waals surface area contributed by atoms with E-state index >= 15 is 0 Å². The second-order valence-electron chi connectivity index (χ2n) is 7.63. The predicted octanol–water partition coefficient (Wildman–Crippen LogP) is 2.22. The van der Waals surface area contributed by atoms with Gasteiger partial charge in [0.1, 0.15) is 6.04 Å². The van der Waals surface area contributed by atoms with E-state index in [-0.39, 0.29) is 16.9 Å². The molecule has 0 radical (unpaired) electrons. The summed E-state index contributed by atoms with van der Waals surface area (Å²) in [7, 11) is 0. The molecule has 5 nitrogen and oxygen atoms in total. The molecule has 0 bridgehead atoms. The Morgan fingerprint density at radius 2 is 1.53 bits per heavy atom. The zero-order chi connectivity index (χ0) is 15.2. The second kappa shape index (κ2) is 4.39. The number of carbonyl (C=O) groups excluding carboxylic acids is 1. The van der Waals surface area contributed by atoms with Gasteiger partial charge in [0.2, 0.25) is 0 Å². The summed E-state index contributed by atoms with van der Waals surface area (Å²) < 4.78 is 0. The molecular formula is C14H26N2O3. The Balaban J connectivity index is 2.64. The molecule has 1 aliphatic rings. The summed E-state index contributed by atoms with van der Waals surface area (Å²) in [6.45, 7) is 13.7. The Morgan fingerprint density at radius 3 is 1.79 bits per heavy atom. The Hall–Kier alpha value is -1.26. The molecule has 0 spiro atoms. The van der Waals surface area contributed by atoms with Crippen molar-refractivity contribution in [2.24, 2.45) is 16.2 Å². The third kappa shape index (κ3) is 2.85. The quantitative estimate of drug-likeness (QED) is 0.735. The molecule has 1 atom stereocenters. The van der Waals surface area contributed by atoms with E-state index in [1.54, 1.807) is 20.8 Å². The molecule has 3 N–H and O–H groups in total. The van der Waals surface area contributed by atoms with E-state index in [9.17, 15) is 14.7 Å². The van der Waals surface area contributed by atoms with E-state index in [0.29, 0.717) is 0 Å². The molecule has 0 aliphatic heterocycles. The maximum absolute atomic E-state index is 11.9. The number of carboxylic acid groups (broad SMARTS) is 1. The van der Waals surface area contributed by atoms with Crippen LogP contribution in [0, 0.1) is 16.2 Å². The molecule has 0 unspecified atom stereocenters. The highest BCUT2D eigenvalue weighted by atomic mass is 16.4. The average Bonchev–Trinajstić information content (AvgIpc) is 2.55. The van der Waals surface area contributed by atoms with Crippen molar-refractivity contribution in [3.8, 4) is 0 Å². The van der Waals surface area contributed by atoms with Gasteiger partial charge in [0, 0.05) is 6.04 Å². The largest absolute Gasteiger partial charge is 0.480 e. The van der Waals surface area contributed by atoms with Crippen molar-refractivity contribution in [3.05, 3.63) is 0 Å². The molecule has 1 rings (SSSR count). The third-order valence-electron chi connectivity index (χ3n) is 4.68. The van der Waals surface area contributed by atoms with E-state index < -0.39 is 23.5 Å². The summed E-state index contributed by atoms with van der Waals surface area (Å²) in [5.41, 5.74) is -0.465. The van der Waals surface area contributed by atoms with Crippen molar-refractivity contribution in [1.29, 1.82) is 0 Å². The Labute approximate surface area is 115 Å². The number of hydrogen-bond donors (Lipinski definition) is 3. The topological polar surface area (TPSA) is 78.4 Å². The fourth-order valence-corrected chi connectivity index (χ4v) is 2.51. The van der Waals surface area contributed by atoms with Crippen molar-refractivity contribution in [1.82, 2.24) is 10.6 Å². The first-order chi connectivity index (χ1) is 8.31. The average molecular weight is 270 g/mol. The van der Waals surface area contributed by atoms with Crippen molar-refractivity contribution in [2.45, 2.75) is 60.5 Å². The molecule has 0 heterocycles. The van der Waals surface area contributed by atoms with Crippen molar-refractivity contribution in [3.63, 3.8) is 0 Å². The van der Waals surface area contributed by atoms with Gasteiger partial charge in [-0.05, 0) is 16.2 Å². The minimum atomic E-state index is -1.02. The third-order valence-corrected chi connectivity index (χ3v) is 4.68. The first-order valence-electron chi connectivity index (χ1n) is 6.61. The highest BCUT2D eigenvalue weighted by Crippen LogP contribution is 2.62. The fraction of sp³-hybridized carbons (Fsp3) is 0.857. The molecule has 0 aromatic rings. The van der Waals surface area contributed by atoms with Crippen molar-refractivity contribution < 1.29 is 14.7 Å². The summed E-state index contributed by atoms with van der Waals surface area (Å²) >= 11 is 0. The molecule has 0 aromatic heterocycles. The zero-order valence-electron chi connectivity index (χ0n) is 12.9. The number of urea groups is 1. The van der Waals surface area contributed by atoms with E-state index in [4.69, 9.17) is 0 Å². The molecule has 2 amide bonds. The fourth-order valence-electron chi connectivity index (χ4n) is 2.51. The predicted molar refractivity (Wildman–Crippen MR) is 73.9 cm³/mol. The van der Waals surface area contributed by atoms with Crippen LogP contribution in [-0.2, 0) is 4.79 Å². The number of nitrogens with one attached hydrogen (secondary N) is 2. The second-order valence-corrected chi connectivity index (χ2v) is 7.63. The molecule has 19 heavy (non-hydrogen) atoms. The van der Waals surface area contributed by atoms with Crippen molar-refractivity contribution >= 4 is 12.0 Å². The lowest BCUT2D eigenvalue weighted by Crippen LogP contribution is -2.53. The summed E-state index contributed by atoms with van der Waals surface area (Å²) in [5.74, 6) is -1.02. The molecule has 0 aromatic carbocycles. The van der Waals surface area contributed by atoms with Crippen LogP contribution in [0.25, 0.3) is 0 Å². The van der Waals surface area contributed by atoms with Crippen LogP contribution in [0.5, 0.6) is 0 Å². The maximum atomic E-state index is 11.9. The SMILES string of the molecule is CC(C)(C)[C@H](NC(=O)NC1C(C)(C)C1(C)C)C(=O)O. The molecule has 5 heteroatoms.